The van der Waals surface area contributed by atoms with E-state index >= 15 is 0 Å². The van der Waals surface area contributed by atoms with Gasteiger partial charge >= 0.3 is 0 Å². The number of amides is 1. The topological polar surface area (TPSA) is 91.4 Å². The fourth-order valence-corrected chi connectivity index (χ4v) is 3.54. The summed E-state index contributed by atoms with van der Waals surface area (Å²) < 4.78 is 20.0. The maximum Gasteiger partial charge on any atom is 0.254 e. The van der Waals surface area contributed by atoms with E-state index < -0.39 is 11.7 Å². The van der Waals surface area contributed by atoms with Crippen LogP contribution in [0, 0.1) is 5.82 Å². The second-order valence-corrected chi connectivity index (χ2v) is 8.14. The molecule has 1 heterocycles. The number of halogens is 2. The lowest BCUT2D eigenvalue weighted by Gasteiger charge is -2.16. The van der Waals surface area contributed by atoms with Crippen molar-refractivity contribution in [1.29, 1.82) is 0 Å². The first-order valence-electron chi connectivity index (χ1n) is 10.2. The number of benzene rings is 1. The number of hydrogen-bond acceptors (Lipinski definition) is 7. The molecule has 1 saturated carbocycles. The Kier molecular flexibility index (Phi) is 7.86. The molecule has 10 heteroatoms. The smallest absolute Gasteiger partial charge is 0.254 e. The minimum atomic E-state index is -0.677. The van der Waals surface area contributed by atoms with Crippen molar-refractivity contribution < 1.29 is 13.9 Å². The van der Waals surface area contributed by atoms with E-state index in [2.05, 4.69) is 25.9 Å². The number of ether oxygens (including phenoxy) is 1. The molecule has 1 aliphatic carbocycles. The molecule has 2 aromatic rings. The van der Waals surface area contributed by atoms with Gasteiger partial charge in [0, 0.05) is 25.2 Å². The van der Waals surface area contributed by atoms with E-state index in [0.717, 1.165) is 12.8 Å². The minimum Gasteiger partial charge on any atom is -0.495 e. The first kappa shape index (κ1) is 23.0. The molecule has 1 aliphatic rings. The Morgan fingerprint density at radius 3 is 2.74 bits per heavy atom. The second kappa shape index (κ2) is 10.6. The SMILES string of the molecule is COc1cc(C(=O)NCCN(C)C)c(F)cc1Nc1ncc(Cl)c(NC2CCCC2)n1. The minimum absolute atomic E-state index is 0.0956. The van der Waals surface area contributed by atoms with Crippen LogP contribution >= 0.6 is 11.6 Å². The van der Waals surface area contributed by atoms with Gasteiger partial charge in [-0.3, -0.25) is 4.79 Å². The van der Waals surface area contributed by atoms with Gasteiger partial charge in [-0.05, 0) is 33.0 Å². The van der Waals surface area contributed by atoms with Gasteiger partial charge in [0.15, 0.2) is 5.82 Å². The molecule has 31 heavy (non-hydrogen) atoms. The molecule has 168 valence electrons. The number of nitrogens with one attached hydrogen (secondary N) is 3. The van der Waals surface area contributed by atoms with Crippen LogP contribution in [0.4, 0.5) is 21.8 Å². The number of aromatic nitrogens is 2. The summed E-state index contributed by atoms with van der Waals surface area (Å²) in [6, 6.07) is 2.88. The Hall–Kier alpha value is -2.65. The van der Waals surface area contributed by atoms with E-state index in [4.69, 9.17) is 16.3 Å². The van der Waals surface area contributed by atoms with Crippen molar-refractivity contribution in [2.24, 2.45) is 0 Å². The number of carbonyl (C=O) groups is 1. The maximum absolute atomic E-state index is 14.7. The van der Waals surface area contributed by atoms with Gasteiger partial charge in [0.1, 0.15) is 16.6 Å². The van der Waals surface area contributed by atoms with Crippen LogP contribution in [-0.2, 0) is 0 Å². The van der Waals surface area contributed by atoms with Gasteiger partial charge < -0.3 is 25.6 Å². The lowest BCUT2D eigenvalue weighted by molar-refractivity contribution is 0.0946. The Labute approximate surface area is 186 Å². The van der Waals surface area contributed by atoms with Crippen LogP contribution in [-0.4, -0.2) is 61.1 Å². The van der Waals surface area contributed by atoms with Crippen molar-refractivity contribution >= 4 is 35.0 Å². The summed E-state index contributed by atoms with van der Waals surface area (Å²) in [6.45, 7) is 1.05. The fourth-order valence-electron chi connectivity index (χ4n) is 3.39. The van der Waals surface area contributed by atoms with E-state index in [-0.39, 0.29) is 11.5 Å². The van der Waals surface area contributed by atoms with Gasteiger partial charge in [0.25, 0.3) is 5.91 Å². The number of rotatable bonds is 9. The highest BCUT2D eigenvalue weighted by Gasteiger charge is 2.19. The molecular weight excluding hydrogens is 423 g/mol. The molecule has 1 amide bonds. The zero-order chi connectivity index (χ0) is 22.4. The monoisotopic (exact) mass is 450 g/mol. The molecule has 0 radical (unpaired) electrons. The maximum atomic E-state index is 14.7. The molecule has 1 fully saturated rings. The lowest BCUT2D eigenvalue weighted by Crippen LogP contribution is -2.31. The summed E-state index contributed by atoms with van der Waals surface area (Å²) in [5, 5.41) is 9.41. The standard InChI is InChI=1S/C21H28ClFN6O2/c1-29(2)9-8-24-20(30)14-10-18(31-3)17(11-16(14)23)27-21-25-12-15(22)19(28-21)26-13-6-4-5-7-13/h10-13H,4-9H2,1-3H3,(H,24,30)(H2,25,26,27,28). The average Bonchev–Trinajstić information content (AvgIpc) is 3.23. The van der Waals surface area contributed by atoms with Crippen LogP contribution in [0.2, 0.25) is 5.02 Å². The van der Waals surface area contributed by atoms with Crippen LogP contribution < -0.4 is 20.7 Å². The van der Waals surface area contributed by atoms with Crippen LogP contribution in [0.3, 0.4) is 0 Å². The quantitative estimate of drug-likeness (QED) is 0.537. The zero-order valence-corrected chi connectivity index (χ0v) is 18.7. The Morgan fingerprint density at radius 1 is 1.32 bits per heavy atom. The van der Waals surface area contributed by atoms with E-state index in [1.807, 2.05) is 19.0 Å². The number of carbonyl (C=O) groups excluding carboxylic acids is 1. The normalized spacial score (nSPS) is 14.0. The predicted octanol–water partition coefficient (Wildman–Crippen LogP) is 3.67. The highest BCUT2D eigenvalue weighted by atomic mass is 35.5. The van der Waals surface area contributed by atoms with Crippen LogP contribution in [0.5, 0.6) is 5.75 Å². The van der Waals surface area contributed by atoms with Gasteiger partial charge in [-0.2, -0.15) is 4.98 Å². The van der Waals surface area contributed by atoms with E-state index in [0.29, 0.717) is 41.4 Å². The molecule has 0 unspecified atom stereocenters. The van der Waals surface area contributed by atoms with Crippen molar-refractivity contribution in [3.8, 4) is 5.75 Å². The Bertz CT molecular complexity index is 921. The molecule has 8 nitrogen and oxygen atoms in total. The first-order chi connectivity index (χ1) is 14.9. The third-order valence-electron chi connectivity index (χ3n) is 5.06. The van der Waals surface area contributed by atoms with Gasteiger partial charge in [-0.15, -0.1) is 0 Å². The summed E-state index contributed by atoms with van der Waals surface area (Å²) in [7, 11) is 5.23. The van der Waals surface area contributed by atoms with Gasteiger partial charge in [-0.1, -0.05) is 24.4 Å². The Balaban J connectivity index is 1.76. The lowest BCUT2D eigenvalue weighted by atomic mass is 10.1. The summed E-state index contributed by atoms with van der Waals surface area (Å²) >= 11 is 6.23. The Morgan fingerprint density at radius 2 is 2.06 bits per heavy atom. The third-order valence-corrected chi connectivity index (χ3v) is 5.34. The molecule has 0 aliphatic heterocycles. The average molecular weight is 451 g/mol. The van der Waals surface area contributed by atoms with Crippen molar-refractivity contribution in [3.63, 3.8) is 0 Å². The van der Waals surface area contributed by atoms with Gasteiger partial charge in [-0.25, -0.2) is 9.37 Å². The van der Waals surface area contributed by atoms with Crippen molar-refractivity contribution in [1.82, 2.24) is 20.2 Å². The van der Waals surface area contributed by atoms with Crippen molar-refractivity contribution in [3.05, 3.63) is 34.7 Å². The number of nitrogens with zero attached hydrogens (tertiary/aromatic N) is 3. The second-order valence-electron chi connectivity index (χ2n) is 7.73. The highest BCUT2D eigenvalue weighted by Crippen LogP contribution is 2.31. The highest BCUT2D eigenvalue weighted by molar-refractivity contribution is 6.32. The molecule has 1 aromatic carbocycles. The van der Waals surface area contributed by atoms with Gasteiger partial charge in [0.2, 0.25) is 5.95 Å². The van der Waals surface area contributed by atoms with Crippen molar-refractivity contribution in [2.45, 2.75) is 31.7 Å². The van der Waals surface area contributed by atoms with Gasteiger partial charge in [0.05, 0.1) is 24.6 Å². The van der Waals surface area contributed by atoms with Crippen LogP contribution in [0.1, 0.15) is 36.0 Å². The molecule has 0 atom stereocenters. The summed E-state index contributed by atoms with van der Waals surface area (Å²) in [5.74, 6) is -0.116. The third kappa shape index (κ3) is 6.18. The molecule has 3 N–H and O–H groups in total. The van der Waals surface area contributed by atoms with E-state index in [9.17, 15) is 9.18 Å². The summed E-state index contributed by atoms with van der Waals surface area (Å²) in [6.07, 6.45) is 5.98. The van der Waals surface area contributed by atoms with Crippen LogP contribution in [0.25, 0.3) is 0 Å². The number of methoxy groups -OCH3 is 1. The van der Waals surface area contributed by atoms with E-state index in [1.54, 1.807) is 0 Å². The molecule has 1 aromatic heterocycles. The number of likely N-dealkylation sites (N-methyl/N-ethyl adjacent to an activating group) is 1. The number of anilines is 3. The summed E-state index contributed by atoms with van der Waals surface area (Å²) in [5.41, 5.74) is 0.209. The molecule has 0 spiro atoms. The molecular formula is C21H28ClFN6O2. The largest absolute Gasteiger partial charge is 0.495 e. The fraction of sp³-hybridized carbons (Fsp3) is 0.476. The van der Waals surface area contributed by atoms with E-state index in [1.165, 1.54) is 38.3 Å². The molecule has 0 bridgehead atoms. The number of hydrogen-bond donors (Lipinski definition) is 3. The first-order valence-corrected chi connectivity index (χ1v) is 10.6. The summed E-state index contributed by atoms with van der Waals surface area (Å²) in [4.78, 5) is 22.9. The zero-order valence-electron chi connectivity index (χ0n) is 18.0. The molecule has 3 rings (SSSR count). The molecule has 0 saturated heterocycles. The van der Waals surface area contributed by atoms with Crippen LogP contribution in [0.15, 0.2) is 18.3 Å². The van der Waals surface area contributed by atoms with Crippen molar-refractivity contribution in [2.75, 3.05) is 44.9 Å². The predicted molar refractivity (Wildman–Crippen MR) is 120 cm³/mol.